The maximum absolute atomic E-state index is 14.1. The third kappa shape index (κ3) is 7.57. The molecule has 3 atom stereocenters. The van der Waals surface area contributed by atoms with Gasteiger partial charge in [0.05, 0.1) is 11.0 Å². The van der Waals surface area contributed by atoms with Crippen molar-refractivity contribution in [2.24, 2.45) is 17.6 Å². The molecule has 2 fully saturated rings. The third-order valence-corrected chi connectivity index (χ3v) is 11.1. The van der Waals surface area contributed by atoms with Crippen molar-refractivity contribution in [2.45, 2.75) is 114 Å². The van der Waals surface area contributed by atoms with Crippen LogP contribution in [-0.4, -0.2) is 39.5 Å². The van der Waals surface area contributed by atoms with Gasteiger partial charge in [-0.2, -0.15) is 0 Å². The maximum Gasteiger partial charge on any atom is 0.248 e. The molecule has 1 aromatic heterocycles. The normalized spacial score (nSPS) is 21.5. The molecule has 3 N–H and O–H groups in total. The zero-order valence-electron chi connectivity index (χ0n) is 23.9. The Kier molecular flexibility index (Phi) is 9.01. The highest BCUT2D eigenvalue weighted by Gasteiger charge is 2.42. The summed E-state index contributed by atoms with van der Waals surface area (Å²) in [4.78, 5) is 5.06. The summed E-state index contributed by atoms with van der Waals surface area (Å²) >= 11 is -1.39. The molecule has 1 heterocycles. The molecule has 2 aromatic rings. The first-order valence-corrected chi connectivity index (χ1v) is 18.9. The molecule has 214 valence electrons. The van der Waals surface area contributed by atoms with Crippen LogP contribution in [-0.2, 0) is 22.8 Å². The Bertz CT molecular complexity index is 1090. The topological polar surface area (TPSA) is 88.2 Å². The van der Waals surface area contributed by atoms with E-state index in [0.29, 0.717) is 37.9 Å². The number of nitrogens with zero attached hydrogens (tertiary/aromatic N) is 2. The number of alkyl halides is 2. The standard InChI is InChI=1S/C28H46F2N4O2SSi/c1-27(2,3)37(35)33-25(20-11-13-28(29,30)14-12-20)26-32-22-17-21(24(31)19-7-8-19)9-10-23(22)34(26)18-36-15-16-38(4,5)6/h9-10,17,19-20,24-25,33H,7-8,11-16,18,31H2,1-6H3/t24-,25+,37?/m1/s1. The van der Waals surface area contributed by atoms with Gasteiger partial charge in [0.25, 0.3) is 0 Å². The maximum atomic E-state index is 14.1. The lowest BCUT2D eigenvalue weighted by atomic mass is 9.82. The van der Waals surface area contributed by atoms with Gasteiger partial charge in [0.1, 0.15) is 23.3 Å². The molecule has 2 saturated carbocycles. The van der Waals surface area contributed by atoms with Gasteiger partial charge in [0.15, 0.2) is 0 Å². The molecule has 2 aliphatic carbocycles. The molecule has 0 aliphatic heterocycles. The number of halogens is 2. The summed E-state index contributed by atoms with van der Waals surface area (Å²) in [5.74, 6) is -1.52. The average Bonchev–Trinajstić information content (AvgIpc) is 3.60. The van der Waals surface area contributed by atoms with E-state index in [2.05, 4.69) is 47.1 Å². The minimum absolute atomic E-state index is 0.0103. The van der Waals surface area contributed by atoms with Gasteiger partial charge >= 0.3 is 0 Å². The number of imidazole rings is 1. The minimum atomic E-state index is -2.64. The fourth-order valence-electron chi connectivity index (χ4n) is 5.06. The largest absolute Gasteiger partial charge is 0.598 e. The van der Waals surface area contributed by atoms with E-state index in [0.717, 1.165) is 35.5 Å². The average molecular weight is 569 g/mol. The molecular formula is C28H46F2N4O2SSi. The summed E-state index contributed by atoms with van der Waals surface area (Å²) in [5, 5.41) is 0. The first kappa shape index (κ1) is 29.9. The second-order valence-corrected chi connectivity index (χ2v) is 21.1. The first-order valence-electron chi connectivity index (χ1n) is 14.0. The molecule has 1 aromatic carbocycles. The summed E-state index contributed by atoms with van der Waals surface area (Å²) in [7, 11) is -1.26. The molecular weight excluding hydrogens is 522 g/mol. The predicted molar refractivity (Wildman–Crippen MR) is 154 cm³/mol. The van der Waals surface area contributed by atoms with Crippen LogP contribution in [0.1, 0.15) is 82.8 Å². The zero-order valence-corrected chi connectivity index (χ0v) is 25.7. The SMILES string of the molecule is CC(C)(C)[S+]([O-])N[C@H](c1nc2cc([C@H](N)C3CC3)ccc2n1COCC[Si](C)(C)C)C1CCC(F)(F)CC1. The Morgan fingerprint density at radius 3 is 2.42 bits per heavy atom. The fourth-order valence-corrected chi connectivity index (χ4v) is 6.69. The zero-order chi connectivity index (χ0) is 27.9. The Labute approximate surface area is 230 Å². The molecule has 6 nitrogen and oxygen atoms in total. The number of nitrogens with one attached hydrogen (secondary N) is 1. The Morgan fingerprint density at radius 1 is 1.18 bits per heavy atom. The summed E-state index contributed by atoms with van der Waals surface area (Å²) in [6.45, 7) is 13.7. The number of benzene rings is 1. The van der Waals surface area contributed by atoms with E-state index in [4.69, 9.17) is 15.5 Å². The van der Waals surface area contributed by atoms with Gasteiger partial charge in [-0.3, -0.25) is 0 Å². The fraction of sp³-hybridized carbons (Fsp3) is 0.750. The second kappa shape index (κ2) is 11.4. The highest BCUT2D eigenvalue weighted by molar-refractivity contribution is 7.90. The summed E-state index contributed by atoms with van der Waals surface area (Å²) in [6, 6.07) is 6.80. The van der Waals surface area contributed by atoms with Crippen LogP contribution in [0.15, 0.2) is 18.2 Å². The van der Waals surface area contributed by atoms with Gasteiger partial charge in [-0.25, -0.2) is 13.8 Å². The highest BCUT2D eigenvalue weighted by Crippen LogP contribution is 2.43. The first-order chi connectivity index (χ1) is 17.6. The molecule has 4 rings (SSSR count). The van der Waals surface area contributed by atoms with Crippen molar-refractivity contribution in [3.05, 3.63) is 29.6 Å². The van der Waals surface area contributed by atoms with Gasteiger partial charge in [0.2, 0.25) is 5.92 Å². The van der Waals surface area contributed by atoms with Crippen molar-refractivity contribution in [3.63, 3.8) is 0 Å². The second-order valence-electron chi connectivity index (χ2n) is 13.5. The number of hydrogen-bond acceptors (Lipinski definition) is 5. The third-order valence-electron chi connectivity index (χ3n) is 7.83. The molecule has 0 bridgehead atoms. The van der Waals surface area contributed by atoms with E-state index in [1.165, 1.54) is 0 Å². The van der Waals surface area contributed by atoms with Crippen LogP contribution in [0.2, 0.25) is 25.7 Å². The molecule has 1 unspecified atom stereocenters. The van der Waals surface area contributed by atoms with Crippen molar-refractivity contribution in [3.8, 4) is 0 Å². The Morgan fingerprint density at radius 2 is 1.84 bits per heavy atom. The lowest BCUT2D eigenvalue weighted by molar-refractivity contribution is -0.0495. The van der Waals surface area contributed by atoms with Crippen LogP contribution in [0.25, 0.3) is 11.0 Å². The molecule has 10 heteroatoms. The van der Waals surface area contributed by atoms with Gasteiger partial charge in [0, 0.05) is 44.9 Å². The van der Waals surface area contributed by atoms with Crippen LogP contribution in [0, 0.1) is 11.8 Å². The van der Waals surface area contributed by atoms with Gasteiger partial charge in [-0.15, -0.1) is 4.72 Å². The van der Waals surface area contributed by atoms with Gasteiger partial charge < -0.3 is 19.6 Å². The quantitative estimate of drug-likeness (QED) is 0.179. The van der Waals surface area contributed by atoms with Crippen molar-refractivity contribution >= 4 is 30.5 Å². The molecule has 0 amide bonds. The monoisotopic (exact) mass is 568 g/mol. The van der Waals surface area contributed by atoms with Gasteiger partial charge in [-0.1, -0.05) is 25.7 Å². The number of rotatable bonds is 11. The lowest BCUT2D eigenvalue weighted by Crippen LogP contribution is -2.45. The van der Waals surface area contributed by atoms with Crippen LogP contribution in [0.4, 0.5) is 8.78 Å². The number of aromatic nitrogens is 2. The summed E-state index contributed by atoms with van der Waals surface area (Å²) in [5.41, 5.74) is 9.32. The van der Waals surface area contributed by atoms with Crippen LogP contribution < -0.4 is 10.5 Å². The van der Waals surface area contributed by atoms with E-state index in [1.54, 1.807) is 0 Å². The molecule has 0 spiro atoms. The predicted octanol–water partition coefficient (Wildman–Crippen LogP) is 6.68. The van der Waals surface area contributed by atoms with Crippen molar-refractivity contribution < 1.29 is 18.1 Å². The summed E-state index contributed by atoms with van der Waals surface area (Å²) < 4.78 is 52.6. The van der Waals surface area contributed by atoms with E-state index < -0.39 is 36.1 Å². The van der Waals surface area contributed by atoms with Crippen molar-refractivity contribution in [2.75, 3.05) is 6.61 Å². The van der Waals surface area contributed by atoms with E-state index >= 15 is 0 Å². The minimum Gasteiger partial charge on any atom is -0.598 e. The molecule has 2 aliphatic rings. The Hall–Kier alpha value is -1.04. The van der Waals surface area contributed by atoms with Crippen molar-refractivity contribution in [1.82, 2.24) is 14.3 Å². The molecule has 38 heavy (non-hydrogen) atoms. The number of hydrogen-bond donors (Lipinski definition) is 2. The van der Waals surface area contributed by atoms with Crippen LogP contribution >= 0.6 is 0 Å². The van der Waals surface area contributed by atoms with E-state index in [9.17, 15) is 13.3 Å². The highest BCUT2D eigenvalue weighted by atomic mass is 32.2. The van der Waals surface area contributed by atoms with Crippen LogP contribution in [0.5, 0.6) is 0 Å². The van der Waals surface area contributed by atoms with Gasteiger partial charge in [-0.05, 0) is 82.0 Å². The Balaban J connectivity index is 1.71. The lowest BCUT2D eigenvalue weighted by Gasteiger charge is -2.35. The summed E-state index contributed by atoms with van der Waals surface area (Å²) in [6.07, 6.45) is 2.69. The van der Waals surface area contributed by atoms with Crippen molar-refractivity contribution in [1.29, 1.82) is 0 Å². The van der Waals surface area contributed by atoms with Crippen LogP contribution in [0.3, 0.4) is 0 Å². The molecule has 0 saturated heterocycles. The molecule has 0 radical (unpaired) electrons. The van der Waals surface area contributed by atoms with E-state index in [1.807, 2.05) is 20.8 Å². The smallest absolute Gasteiger partial charge is 0.248 e. The number of nitrogens with two attached hydrogens (primary N) is 1. The number of fused-ring (bicyclic) bond motifs is 1. The number of ether oxygens (including phenoxy) is 1. The van der Waals surface area contributed by atoms with E-state index in [-0.39, 0.29) is 24.8 Å².